The van der Waals surface area contributed by atoms with Crippen LogP contribution in [0.15, 0.2) is 4.52 Å². The first kappa shape index (κ1) is 13.0. The Morgan fingerprint density at radius 2 is 2.44 bits per heavy atom. The van der Waals surface area contributed by atoms with Crippen molar-refractivity contribution in [2.24, 2.45) is 5.92 Å². The standard InChI is InChI=1S/C12H20N4O2/c1-8-3-5-13-10(7-8)12(17)14-6-4-11-15-9(2)18-16-11/h8,10,13H,3-7H2,1-2H3,(H,14,17). The van der Waals surface area contributed by atoms with Crippen LogP contribution in [0.3, 0.4) is 0 Å². The molecule has 1 amide bonds. The molecule has 18 heavy (non-hydrogen) atoms. The summed E-state index contributed by atoms with van der Waals surface area (Å²) in [6.45, 7) is 5.40. The van der Waals surface area contributed by atoms with E-state index >= 15 is 0 Å². The van der Waals surface area contributed by atoms with E-state index in [1.54, 1.807) is 6.92 Å². The SMILES string of the molecule is Cc1nc(CCNC(=O)C2CC(C)CCN2)no1. The van der Waals surface area contributed by atoms with Gasteiger partial charge in [0, 0.05) is 19.9 Å². The number of carbonyl (C=O) groups excluding carboxylic acids is 1. The number of piperidine rings is 1. The molecule has 1 aromatic heterocycles. The molecule has 1 aromatic rings. The van der Waals surface area contributed by atoms with Crippen LogP contribution in [-0.4, -0.2) is 35.2 Å². The number of hydrogen-bond acceptors (Lipinski definition) is 5. The molecular formula is C12H20N4O2. The van der Waals surface area contributed by atoms with E-state index in [4.69, 9.17) is 4.52 Å². The van der Waals surface area contributed by atoms with Crippen molar-refractivity contribution in [1.82, 2.24) is 20.8 Å². The van der Waals surface area contributed by atoms with E-state index in [-0.39, 0.29) is 11.9 Å². The summed E-state index contributed by atoms with van der Waals surface area (Å²) in [5.74, 6) is 1.88. The van der Waals surface area contributed by atoms with Crippen LogP contribution in [0.5, 0.6) is 0 Å². The Kier molecular flexibility index (Phi) is 4.30. The van der Waals surface area contributed by atoms with Crippen molar-refractivity contribution in [2.75, 3.05) is 13.1 Å². The Bertz CT molecular complexity index is 405. The average Bonchev–Trinajstić information content (AvgIpc) is 2.75. The Hall–Kier alpha value is -1.43. The van der Waals surface area contributed by atoms with Crippen LogP contribution in [0.2, 0.25) is 0 Å². The third-order valence-corrected chi connectivity index (χ3v) is 3.20. The van der Waals surface area contributed by atoms with Gasteiger partial charge in [0.1, 0.15) is 0 Å². The number of hydrogen-bond donors (Lipinski definition) is 2. The molecule has 0 aliphatic carbocycles. The van der Waals surface area contributed by atoms with E-state index in [1.807, 2.05) is 0 Å². The zero-order chi connectivity index (χ0) is 13.0. The topological polar surface area (TPSA) is 80.0 Å². The molecule has 6 nitrogen and oxygen atoms in total. The quantitative estimate of drug-likeness (QED) is 0.812. The van der Waals surface area contributed by atoms with Gasteiger partial charge in [0.25, 0.3) is 0 Å². The fourth-order valence-corrected chi connectivity index (χ4v) is 2.17. The number of aromatic nitrogens is 2. The van der Waals surface area contributed by atoms with Gasteiger partial charge < -0.3 is 15.2 Å². The maximum absolute atomic E-state index is 11.9. The minimum Gasteiger partial charge on any atom is -0.354 e. The predicted octanol–water partition coefficient (Wildman–Crippen LogP) is 0.425. The molecule has 0 radical (unpaired) electrons. The summed E-state index contributed by atoms with van der Waals surface area (Å²) >= 11 is 0. The van der Waals surface area contributed by atoms with Crippen LogP contribution in [0.1, 0.15) is 31.5 Å². The van der Waals surface area contributed by atoms with Crippen molar-refractivity contribution < 1.29 is 9.32 Å². The van der Waals surface area contributed by atoms with E-state index in [2.05, 4.69) is 27.7 Å². The molecule has 6 heteroatoms. The van der Waals surface area contributed by atoms with Crippen LogP contribution in [-0.2, 0) is 11.2 Å². The number of nitrogens with zero attached hydrogens (tertiary/aromatic N) is 2. The van der Waals surface area contributed by atoms with Gasteiger partial charge in [-0.2, -0.15) is 4.98 Å². The molecule has 0 saturated carbocycles. The number of nitrogens with one attached hydrogen (secondary N) is 2. The summed E-state index contributed by atoms with van der Waals surface area (Å²) < 4.78 is 4.87. The molecule has 1 aliphatic heterocycles. The van der Waals surface area contributed by atoms with Gasteiger partial charge in [0.05, 0.1) is 6.04 Å². The normalized spacial score (nSPS) is 23.9. The predicted molar refractivity (Wildman–Crippen MR) is 65.9 cm³/mol. The molecule has 100 valence electrons. The highest BCUT2D eigenvalue weighted by atomic mass is 16.5. The van der Waals surface area contributed by atoms with Crippen molar-refractivity contribution in [2.45, 2.75) is 39.2 Å². The molecule has 1 aliphatic rings. The number of amides is 1. The first-order chi connectivity index (χ1) is 8.65. The maximum Gasteiger partial charge on any atom is 0.237 e. The van der Waals surface area contributed by atoms with Crippen LogP contribution in [0, 0.1) is 12.8 Å². The third kappa shape index (κ3) is 3.53. The fourth-order valence-electron chi connectivity index (χ4n) is 2.17. The van der Waals surface area contributed by atoms with E-state index in [1.165, 1.54) is 0 Å². The summed E-state index contributed by atoms with van der Waals surface area (Å²) in [5, 5.41) is 9.93. The highest BCUT2D eigenvalue weighted by Gasteiger charge is 2.24. The fraction of sp³-hybridized carbons (Fsp3) is 0.750. The Labute approximate surface area is 107 Å². The number of rotatable bonds is 4. The largest absolute Gasteiger partial charge is 0.354 e. The van der Waals surface area contributed by atoms with Gasteiger partial charge in [-0.3, -0.25) is 4.79 Å². The highest BCUT2D eigenvalue weighted by Crippen LogP contribution is 2.14. The minimum atomic E-state index is -0.0549. The molecule has 0 spiro atoms. The first-order valence-corrected chi connectivity index (χ1v) is 6.45. The lowest BCUT2D eigenvalue weighted by Gasteiger charge is -2.27. The monoisotopic (exact) mass is 252 g/mol. The van der Waals surface area contributed by atoms with Gasteiger partial charge in [0.15, 0.2) is 5.82 Å². The van der Waals surface area contributed by atoms with Crippen LogP contribution < -0.4 is 10.6 Å². The zero-order valence-corrected chi connectivity index (χ0v) is 10.9. The molecule has 1 saturated heterocycles. The molecule has 2 atom stereocenters. The second-order valence-corrected chi connectivity index (χ2v) is 4.91. The van der Waals surface area contributed by atoms with Gasteiger partial charge >= 0.3 is 0 Å². The zero-order valence-electron chi connectivity index (χ0n) is 10.9. The molecule has 1 fully saturated rings. The summed E-state index contributed by atoms with van der Waals surface area (Å²) in [4.78, 5) is 16.0. The lowest BCUT2D eigenvalue weighted by Crippen LogP contribution is -2.48. The molecule has 2 N–H and O–H groups in total. The smallest absolute Gasteiger partial charge is 0.237 e. The van der Waals surface area contributed by atoms with Crippen molar-refractivity contribution in [1.29, 1.82) is 0 Å². The van der Waals surface area contributed by atoms with Gasteiger partial charge in [-0.05, 0) is 25.3 Å². The lowest BCUT2D eigenvalue weighted by molar-refractivity contribution is -0.124. The van der Waals surface area contributed by atoms with E-state index in [0.717, 1.165) is 19.4 Å². The molecule has 0 aromatic carbocycles. The van der Waals surface area contributed by atoms with Gasteiger partial charge in [-0.25, -0.2) is 0 Å². The van der Waals surface area contributed by atoms with Crippen molar-refractivity contribution in [3.8, 4) is 0 Å². The van der Waals surface area contributed by atoms with Gasteiger partial charge in [-0.15, -0.1) is 0 Å². The number of carbonyl (C=O) groups is 1. The second kappa shape index (κ2) is 5.95. The number of aryl methyl sites for hydroxylation is 1. The maximum atomic E-state index is 11.9. The second-order valence-electron chi connectivity index (χ2n) is 4.91. The van der Waals surface area contributed by atoms with Crippen LogP contribution in [0.25, 0.3) is 0 Å². The average molecular weight is 252 g/mol. The van der Waals surface area contributed by atoms with E-state index in [0.29, 0.717) is 30.6 Å². The summed E-state index contributed by atoms with van der Waals surface area (Å²) in [7, 11) is 0. The minimum absolute atomic E-state index is 0.0549. The molecule has 2 rings (SSSR count). The first-order valence-electron chi connectivity index (χ1n) is 6.45. The van der Waals surface area contributed by atoms with Crippen molar-refractivity contribution >= 4 is 5.91 Å². The van der Waals surface area contributed by atoms with Gasteiger partial charge in [-0.1, -0.05) is 12.1 Å². The molecular weight excluding hydrogens is 232 g/mol. The highest BCUT2D eigenvalue weighted by molar-refractivity contribution is 5.81. The Balaban J connectivity index is 1.71. The third-order valence-electron chi connectivity index (χ3n) is 3.20. The van der Waals surface area contributed by atoms with E-state index < -0.39 is 0 Å². The molecule has 2 heterocycles. The van der Waals surface area contributed by atoms with Crippen LogP contribution >= 0.6 is 0 Å². The van der Waals surface area contributed by atoms with Crippen molar-refractivity contribution in [3.63, 3.8) is 0 Å². The summed E-state index contributed by atoms with van der Waals surface area (Å²) in [5.41, 5.74) is 0. The summed E-state index contributed by atoms with van der Waals surface area (Å²) in [6, 6.07) is -0.0549. The van der Waals surface area contributed by atoms with Crippen LogP contribution in [0.4, 0.5) is 0 Å². The molecule has 2 unspecified atom stereocenters. The lowest BCUT2D eigenvalue weighted by atomic mass is 9.94. The Morgan fingerprint density at radius 1 is 1.61 bits per heavy atom. The van der Waals surface area contributed by atoms with Crippen molar-refractivity contribution in [3.05, 3.63) is 11.7 Å². The van der Waals surface area contributed by atoms with E-state index in [9.17, 15) is 4.79 Å². The Morgan fingerprint density at radius 3 is 3.11 bits per heavy atom. The molecule has 0 bridgehead atoms. The van der Waals surface area contributed by atoms with Gasteiger partial charge in [0.2, 0.25) is 11.8 Å². The summed E-state index contributed by atoms with van der Waals surface area (Å²) in [6.07, 6.45) is 2.66.